The van der Waals surface area contributed by atoms with Crippen LogP contribution in [-0.4, -0.2) is 55.0 Å². The summed E-state index contributed by atoms with van der Waals surface area (Å²) < 4.78 is 0. The van der Waals surface area contributed by atoms with Gasteiger partial charge in [-0.05, 0) is 72.9 Å². The molecule has 2 amide bonds. The van der Waals surface area contributed by atoms with Crippen LogP contribution in [0.3, 0.4) is 0 Å². The van der Waals surface area contributed by atoms with Gasteiger partial charge in [0.05, 0.1) is 13.1 Å². The summed E-state index contributed by atoms with van der Waals surface area (Å²) in [6, 6.07) is 8.27. The number of carbonyl (C=O) groups excluding carboxylic acids is 2. The van der Waals surface area contributed by atoms with Crippen LogP contribution in [0.15, 0.2) is 24.3 Å². The lowest BCUT2D eigenvalue weighted by Gasteiger charge is -2.27. The Balaban J connectivity index is 2.53. The molecule has 2 N–H and O–H groups in total. The number of amides is 2. The van der Waals surface area contributed by atoms with Gasteiger partial charge in [0.2, 0.25) is 11.8 Å². The highest BCUT2D eigenvalue weighted by Crippen LogP contribution is 2.19. The van der Waals surface area contributed by atoms with Crippen LogP contribution < -0.4 is 15.5 Å². The third-order valence-electron chi connectivity index (χ3n) is 3.79. The molecule has 0 fully saturated rings. The van der Waals surface area contributed by atoms with E-state index >= 15 is 0 Å². The Morgan fingerprint density at radius 3 is 2.04 bits per heavy atom. The average Bonchev–Trinajstić information content (AvgIpc) is 2.46. The zero-order valence-electron chi connectivity index (χ0n) is 17.2. The summed E-state index contributed by atoms with van der Waals surface area (Å²) in [5.41, 5.74) is 1.62. The monoisotopic (exact) mass is 362 g/mol. The number of carbonyl (C=O) groups is 2. The topological polar surface area (TPSA) is 64.7 Å². The number of anilines is 2. The minimum Gasteiger partial charge on any atom is -0.369 e. The van der Waals surface area contributed by atoms with E-state index in [4.69, 9.17) is 0 Å². The van der Waals surface area contributed by atoms with Gasteiger partial charge in [-0.25, -0.2) is 0 Å². The molecule has 26 heavy (non-hydrogen) atoms. The molecule has 0 aromatic heterocycles. The molecule has 1 aromatic carbocycles. The van der Waals surface area contributed by atoms with Crippen molar-refractivity contribution in [2.24, 2.45) is 0 Å². The lowest BCUT2D eigenvalue weighted by molar-refractivity contribution is -0.124. The van der Waals surface area contributed by atoms with Crippen molar-refractivity contribution in [2.75, 3.05) is 36.9 Å². The minimum absolute atomic E-state index is 0.0921. The highest BCUT2D eigenvalue weighted by Gasteiger charge is 2.16. The van der Waals surface area contributed by atoms with Crippen molar-refractivity contribution in [2.45, 2.75) is 53.1 Å². The highest BCUT2D eigenvalue weighted by atomic mass is 16.2. The fraction of sp³-hybridized carbons (Fsp3) is 0.600. The number of benzene rings is 1. The average molecular weight is 363 g/mol. The molecule has 146 valence electrons. The number of likely N-dealkylation sites (N-methyl/N-ethyl adjacent to an activating group) is 1. The summed E-state index contributed by atoms with van der Waals surface area (Å²) in [4.78, 5) is 28.1. The van der Waals surface area contributed by atoms with Crippen molar-refractivity contribution in [3.05, 3.63) is 24.3 Å². The number of rotatable bonds is 8. The summed E-state index contributed by atoms with van der Waals surface area (Å²) in [6.45, 7) is 13.5. The van der Waals surface area contributed by atoms with E-state index in [0.717, 1.165) is 17.9 Å². The van der Waals surface area contributed by atoms with Gasteiger partial charge in [0.1, 0.15) is 0 Å². The molecule has 6 nitrogen and oxygen atoms in total. The Labute approximate surface area is 157 Å². The van der Waals surface area contributed by atoms with E-state index < -0.39 is 0 Å². The fourth-order valence-corrected chi connectivity index (χ4v) is 2.79. The molecule has 0 bridgehead atoms. The number of nitrogens with zero attached hydrogens (tertiary/aromatic N) is 2. The maximum Gasteiger partial charge on any atom is 0.238 e. The lowest BCUT2D eigenvalue weighted by atomic mass is 10.1. The third kappa shape index (κ3) is 7.87. The molecule has 1 rings (SSSR count). The third-order valence-corrected chi connectivity index (χ3v) is 3.79. The predicted molar refractivity (Wildman–Crippen MR) is 109 cm³/mol. The van der Waals surface area contributed by atoms with Crippen LogP contribution in [0.4, 0.5) is 11.4 Å². The quantitative estimate of drug-likeness (QED) is 0.746. The number of nitrogens with one attached hydrogen (secondary N) is 2. The molecular formula is C20H34N4O2. The molecule has 0 aliphatic rings. The van der Waals surface area contributed by atoms with Gasteiger partial charge in [0, 0.05) is 29.5 Å². The highest BCUT2D eigenvalue weighted by molar-refractivity contribution is 5.92. The Morgan fingerprint density at radius 1 is 1.04 bits per heavy atom. The number of hydrogen-bond donors (Lipinski definition) is 2. The molecule has 0 saturated carbocycles. The first kappa shape index (κ1) is 22.0. The van der Waals surface area contributed by atoms with Crippen LogP contribution in [0.5, 0.6) is 0 Å². The number of hydrogen-bond acceptors (Lipinski definition) is 4. The van der Waals surface area contributed by atoms with E-state index in [1.807, 2.05) is 45.0 Å². The first-order valence-corrected chi connectivity index (χ1v) is 9.18. The second-order valence-corrected chi connectivity index (χ2v) is 7.95. The Hall–Kier alpha value is -2.08. The summed E-state index contributed by atoms with van der Waals surface area (Å²) in [5, 5.41) is 5.76. The second kappa shape index (κ2) is 9.57. The van der Waals surface area contributed by atoms with Gasteiger partial charge < -0.3 is 15.5 Å². The van der Waals surface area contributed by atoms with Crippen LogP contribution in [0.2, 0.25) is 0 Å². The summed E-state index contributed by atoms with van der Waals surface area (Å²) in [7, 11) is 1.76. The van der Waals surface area contributed by atoms with Gasteiger partial charge in [-0.3, -0.25) is 14.5 Å². The fourth-order valence-electron chi connectivity index (χ4n) is 2.79. The van der Waals surface area contributed by atoms with E-state index in [-0.39, 0.29) is 30.4 Å². The van der Waals surface area contributed by atoms with Gasteiger partial charge in [-0.15, -0.1) is 0 Å². The maximum absolute atomic E-state index is 12.2. The molecule has 0 heterocycles. The standard InChI is InChI=1S/C20H34N4O2/c1-8-24(15(2)3)17-11-9-16(10-12-17)21-18(25)13-23(7)14-19(26)22-20(4,5)6/h9-12,15H,8,13-14H2,1-7H3,(H,21,25)(H,22,26). The molecule has 0 aliphatic heterocycles. The van der Waals surface area contributed by atoms with Gasteiger partial charge in [-0.2, -0.15) is 0 Å². The van der Waals surface area contributed by atoms with Crippen molar-refractivity contribution in [3.63, 3.8) is 0 Å². The van der Waals surface area contributed by atoms with E-state index in [2.05, 4.69) is 36.3 Å². The van der Waals surface area contributed by atoms with E-state index in [0.29, 0.717) is 6.04 Å². The molecule has 0 aliphatic carbocycles. The van der Waals surface area contributed by atoms with Crippen LogP contribution in [0, 0.1) is 0 Å². The smallest absolute Gasteiger partial charge is 0.238 e. The molecule has 0 atom stereocenters. The Kier molecular flexibility index (Phi) is 8.08. The van der Waals surface area contributed by atoms with Gasteiger partial charge in [0.15, 0.2) is 0 Å². The first-order chi connectivity index (χ1) is 12.0. The Morgan fingerprint density at radius 2 is 1.58 bits per heavy atom. The maximum atomic E-state index is 12.2. The molecule has 6 heteroatoms. The summed E-state index contributed by atoms with van der Waals surface area (Å²) in [6.07, 6.45) is 0. The van der Waals surface area contributed by atoms with E-state index in [9.17, 15) is 9.59 Å². The van der Waals surface area contributed by atoms with Crippen molar-refractivity contribution in [1.29, 1.82) is 0 Å². The van der Waals surface area contributed by atoms with Crippen LogP contribution in [0.1, 0.15) is 41.5 Å². The molecule has 1 aromatic rings. The molecular weight excluding hydrogens is 328 g/mol. The molecule has 0 unspecified atom stereocenters. The SMILES string of the molecule is CCN(c1ccc(NC(=O)CN(C)CC(=O)NC(C)(C)C)cc1)C(C)C. The second-order valence-electron chi connectivity index (χ2n) is 7.95. The van der Waals surface area contributed by atoms with Crippen molar-refractivity contribution < 1.29 is 9.59 Å². The lowest BCUT2D eigenvalue weighted by Crippen LogP contribution is -2.46. The normalized spacial score (nSPS) is 11.6. The van der Waals surface area contributed by atoms with Gasteiger partial charge in [0.25, 0.3) is 0 Å². The van der Waals surface area contributed by atoms with Crippen molar-refractivity contribution in [1.82, 2.24) is 10.2 Å². The predicted octanol–water partition coefficient (Wildman–Crippen LogP) is 2.71. The molecule has 0 saturated heterocycles. The van der Waals surface area contributed by atoms with Crippen molar-refractivity contribution in [3.8, 4) is 0 Å². The van der Waals surface area contributed by atoms with E-state index in [1.54, 1.807) is 11.9 Å². The summed E-state index contributed by atoms with van der Waals surface area (Å²) in [5.74, 6) is -0.231. The largest absolute Gasteiger partial charge is 0.369 e. The van der Waals surface area contributed by atoms with Crippen LogP contribution in [0.25, 0.3) is 0 Å². The van der Waals surface area contributed by atoms with Gasteiger partial charge >= 0.3 is 0 Å². The zero-order chi connectivity index (χ0) is 19.9. The van der Waals surface area contributed by atoms with Crippen LogP contribution in [-0.2, 0) is 9.59 Å². The molecule has 0 radical (unpaired) electrons. The minimum atomic E-state index is -0.274. The molecule has 0 spiro atoms. The van der Waals surface area contributed by atoms with E-state index in [1.165, 1.54) is 0 Å². The Bertz CT molecular complexity index is 591. The zero-order valence-corrected chi connectivity index (χ0v) is 17.2. The van der Waals surface area contributed by atoms with Crippen LogP contribution >= 0.6 is 0 Å². The van der Waals surface area contributed by atoms with Gasteiger partial charge in [-0.1, -0.05) is 0 Å². The van der Waals surface area contributed by atoms with Crippen molar-refractivity contribution >= 4 is 23.2 Å². The first-order valence-electron chi connectivity index (χ1n) is 9.18. The summed E-state index contributed by atoms with van der Waals surface area (Å²) >= 11 is 0.